The molecule has 0 aliphatic heterocycles. The van der Waals surface area contributed by atoms with E-state index in [2.05, 4.69) is 31.4 Å². The number of para-hydroxylation sites is 1. The number of amides is 3. The second-order valence-corrected chi connectivity index (χ2v) is 9.98. The predicted octanol–water partition coefficient (Wildman–Crippen LogP) is 4.04. The van der Waals surface area contributed by atoms with Gasteiger partial charge >= 0.3 is 12.0 Å². The number of nitrogens with one attached hydrogen (secondary N) is 2. The van der Waals surface area contributed by atoms with Crippen molar-refractivity contribution in [3.05, 3.63) is 41.6 Å². The Morgan fingerprint density at radius 2 is 1.86 bits per heavy atom. The maximum atomic E-state index is 13.1. The Hall–Kier alpha value is -3.36. The highest BCUT2D eigenvalue weighted by Gasteiger charge is 2.24. The van der Waals surface area contributed by atoms with Gasteiger partial charge in [-0.25, -0.2) is 9.48 Å². The van der Waals surface area contributed by atoms with Crippen molar-refractivity contribution < 1.29 is 19.1 Å². The Morgan fingerprint density at radius 3 is 2.46 bits per heavy atom. The number of carbonyl (C=O) groups excluding carboxylic acids is 3. The van der Waals surface area contributed by atoms with E-state index >= 15 is 0 Å². The lowest BCUT2D eigenvalue weighted by atomic mass is 9.92. The molecule has 0 bridgehead atoms. The average molecular weight is 486 g/mol. The number of anilines is 1. The Bertz CT molecular complexity index is 1020. The van der Waals surface area contributed by atoms with Gasteiger partial charge in [-0.2, -0.15) is 5.10 Å². The molecule has 1 aromatic carbocycles. The van der Waals surface area contributed by atoms with E-state index in [9.17, 15) is 14.4 Å². The molecule has 2 N–H and O–H groups in total. The molecular formula is C26H39N5O4. The Morgan fingerprint density at radius 1 is 1.17 bits per heavy atom. The van der Waals surface area contributed by atoms with Crippen molar-refractivity contribution in [2.24, 2.45) is 5.92 Å². The molecule has 0 saturated heterocycles. The first-order valence-corrected chi connectivity index (χ1v) is 12.1. The number of rotatable bonds is 10. The van der Waals surface area contributed by atoms with E-state index < -0.39 is 12.0 Å². The summed E-state index contributed by atoms with van der Waals surface area (Å²) < 4.78 is 6.59. The van der Waals surface area contributed by atoms with Gasteiger partial charge in [-0.1, -0.05) is 52.8 Å². The number of carbonyl (C=O) groups is 3. The average Bonchev–Trinajstić information content (AvgIpc) is 3.19. The molecule has 0 saturated carbocycles. The van der Waals surface area contributed by atoms with Gasteiger partial charge in [-0.15, -0.1) is 0 Å². The lowest BCUT2D eigenvalue weighted by Gasteiger charge is -2.23. The molecule has 1 aromatic heterocycles. The van der Waals surface area contributed by atoms with Crippen molar-refractivity contribution >= 4 is 23.7 Å². The summed E-state index contributed by atoms with van der Waals surface area (Å²) in [6, 6.07) is 9.18. The maximum Gasteiger partial charge on any atom is 0.325 e. The number of nitrogens with zero attached hydrogens (tertiary/aromatic N) is 3. The Kier molecular flexibility index (Phi) is 9.86. The van der Waals surface area contributed by atoms with Crippen LogP contribution in [-0.2, 0) is 19.7 Å². The zero-order valence-electron chi connectivity index (χ0n) is 22.0. The zero-order valence-corrected chi connectivity index (χ0v) is 22.0. The summed E-state index contributed by atoms with van der Waals surface area (Å²) in [4.78, 5) is 38.9. The molecule has 1 heterocycles. The van der Waals surface area contributed by atoms with Crippen LogP contribution in [0.15, 0.2) is 30.3 Å². The topological polar surface area (TPSA) is 106 Å². The summed E-state index contributed by atoms with van der Waals surface area (Å²) in [7, 11) is 0. The molecule has 2 aromatic rings. The number of esters is 1. The van der Waals surface area contributed by atoms with Crippen molar-refractivity contribution in [3.63, 3.8) is 0 Å². The SMILES string of the molecule is CCOC(=O)CNC(=O)N(CCC(C)C)CC(=O)Nc1cc(C(C)(C)C)nn1-c1ccccc1C. The van der Waals surface area contributed by atoms with Crippen molar-refractivity contribution in [3.8, 4) is 5.69 Å². The van der Waals surface area contributed by atoms with Gasteiger partial charge in [0, 0.05) is 18.0 Å². The molecule has 9 nitrogen and oxygen atoms in total. The van der Waals surface area contributed by atoms with Crippen LogP contribution in [0.5, 0.6) is 0 Å². The molecule has 2 rings (SSSR count). The van der Waals surface area contributed by atoms with E-state index in [1.54, 1.807) is 11.6 Å². The highest BCUT2D eigenvalue weighted by atomic mass is 16.5. The van der Waals surface area contributed by atoms with E-state index in [-0.39, 0.29) is 31.0 Å². The highest BCUT2D eigenvalue weighted by Crippen LogP contribution is 2.27. The molecule has 3 amide bonds. The molecule has 0 radical (unpaired) electrons. The number of urea groups is 1. The van der Waals surface area contributed by atoms with Crippen molar-refractivity contribution in [2.45, 2.75) is 60.3 Å². The van der Waals surface area contributed by atoms with Crippen LogP contribution in [0, 0.1) is 12.8 Å². The highest BCUT2D eigenvalue weighted by molar-refractivity contribution is 5.94. The van der Waals surface area contributed by atoms with E-state index in [1.807, 2.05) is 51.1 Å². The third kappa shape index (κ3) is 8.42. The van der Waals surface area contributed by atoms with E-state index in [4.69, 9.17) is 9.84 Å². The number of hydrogen-bond acceptors (Lipinski definition) is 5. The fourth-order valence-corrected chi connectivity index (χ4v) is 3.32. The van der Waals surface area contributed by atoms with Gasteiger partial charge in [0.05, 0.1) is 18.0 Å². The van der Waals surface area contributed by atoms with Gasteiger partial charge < -0.3 is 20.3 Å². The van der Waals surface area contributed by atoms with Crippen LogP contribution in [-0.4, -0.2) is 58.8 Å². The molecular weight excluding hydrogens is 446 g/mol. The fraction of sp³-hybridized carbons (Fsp3) is 0.538. The monoisotopic (exact) mass is 485 g/mol. The lowest BCUT2D eigenvalue weighted by molar-refractivity contribution is -0.141. The lowest BCUT2D eigenvalue weighted by Crippen LogP contribution is -2.46. The number of aromatic nitrogens is 2. The summed E-state index contributed by atoms with van der Waals surface area (Å²) in [6.07, 6.45) is 0.718. The third-order valence-corrected chi connectivity index (χ3v) is 5.38. The zero-order chi connectivity index (χ0) is 26.2. The second kappa shape index (κ2) is 12.4. The minimum atomic E-state index is -0.522. The van der Waals surface area contributed by atoms with Crippen LogP contribution in [0.25, 0.3) is 5.69 Å². The van der Waals surface area contributed by atoms with Crippen LogP contribution in [0.4, 0.5) is 10.6 Å². The van der Waals surface area contributed by atoms with Crippen LogP contribution < -0.4 is 10.6 Å². The first kappa shape index (κ1) is 27.9. The van der Waals surface area contributed by atoms with Gasteiger partial charge in [0.1, 0.15) is 18.9 Å². The number of ether oxygens (including phenoxy) is 1. The standard InChI is InChI=1S/C26H39N5O4/c1-8-35-24(33)16-27-25(34)30(14-13-18(2)3)17-23(32)28-22-15-21(26(5,6)7)29-31(22)20-12-10-9-11-19(20)4/h9-12,15,18H,8,13-14,16-17H2,1-7H3,(H,27,34)(H,28,32). The summed E-state index contributed by atoms with van der Waals surface area (Å²) in [5.74, 6) is 0.00130. The molecule has 9 heteroatoms. The van der Waals surface area contributed by atoms with Gasteiger partial charge in [0.25, 0.3) is 0 Å². The van der Waals surface area contributed by atoms with Crippen LogP contribution in [0.2, 0.25) is 0 Å². The Labute approximate surface area is 208 Å². The largest absolute Gasteiger partial charge is 0.465 e. The minimum absolute atomic E-state index is 0.162. The molecule has 0 unspecified atom stereocenters. The second-order valence-electron chi connectivity index (χ2n) is 9.98. The summed E-state index contributed by atoms with van der Waals surface area (Å²) in [5.41, 5.74) is 2.49. The van der Waals surface area contributed by atoms with E-state index in [0.717, 1.165) is 23.4 Å². The molecule has 0 aliphatic carbocycles. The predicted molar refractivity (Wildman–Crippen MR) is 137 cm³/mol. The number of benzene rings is 1. The third-order valence-electron chi connectivity index (χ3n) is 5.38. The molecule has 0 atom stereocenters. The maximum absolute atomic E-state index is 13.1. The Balaban J connectivity index is 2.23. The molecule has 0 fully saturated rings. The normalized spacial score (nSPS) is 11.3. The summed E-state index contributed by atoms with van der Waals surface area (Å²) in [5, 5.41) is 10.2. The first-order chi connectivity index (χ1) is 16.4. The molecule has 35 heavy (non-hydrogen) atoms. The van der Waals surface area contributed by atoms with E-state index in [1.165, 1.54) is 4.90 Å². The summed E-state index contributed by atoms with van der Waals surface area (Å²) >= 11 is 0. The quantitative estimate of drug-likeness (QED) is 0.494. The smallest absolute Gasteiger partial charge is 0.325 e. The van der Waals surface area contributed by atoms with Gasteiger partial charge in [-0.3, -0.25) is 9.59 Å². The fourth-order valence-electron chi connectivity index (χ4n) is 3.32. The van der Waals surface area contributed by atoms with Crippen molar-refractivity contribution in [2.75, 3.05) is 31.6 Å². The number of hydrogen-bond donors (Lipinski definition) is 2. The van der Waals surface area contributed by atoms with Crippen molar-refractivity contribution in [1.29, 1.82) is 0 Å². The van der Waals surface area contributed by atoms with Crippen molar-refractivity contribution in [1.82, 2.24) is 20.0 Å². The van der Waals surface area contributed by atoms with Gasteiger partial charge in [-0.05, 0) is 37.8 Å². The minimum Gasteiger partial charge on any atom is -0.465 e. The van der Waals surface area contributed by atoms with E-state index in [0.29, 0.717) is 18.3 Å². The molecule has 0 spiro atoms. The van der Waals surface area contributed by atoms with Gasteiger partial charge in [0.15, 0.2) is 0 Å². The van der Waals surface area contributed by atoms with Crippen LogP contribution in [0.1, 0.15) is 59.2 Å². The van der Waals surface area contributed by atoms with Crippen LogP contribution in [0.3, 0.4) is 0 Å². The molecule has 192 valence electrons. The number of aryl methyl sites for hydroxylation is 1. The van der Waals surface area contributed by atoms with Crippen LogP contribution >= 0.6 is 0 Å². The van der Waals surface area contributed by atoms with Gasteiger partial charge in [0.2, 0.25) is 5.91 Å². The molecule has 0 aliphatic rings. The summed E-state index contributed by atoms with van der Waals surface area (Å²) in [6.45, 7) is 14.2. The first-order valence-electron chi connectivity index (χ1n) is 12.1.